The number of hydrogen-bond donors (Lipinski definition) is 9. The summed E-state index contributed by atoms with van der Waals surface area (Å²) in [5, 5.41) is 98.0. The van der Waals surface area contributed by atoms with Gasteiger partial charge in [-0.3, -0.25) is 5.26 Å². The van der Waals surface area contributed by atoms with Crippen LogP contribution in [0.1, 0.15) is 100 Å². The van der Waals surface area contributed by atoms with E-state index in [1.807, 2.05) is 33.8 Å². The Morgan fingerprint density at radius 2 is 1.52 bits per heavy atom. The van der Waals surface area contributed by atoms with E-state index in [2.05, 4.69) is 27.4 Å². The molecule has 6 rings (SSSR count). The maximum atomic E-state index is 12.3. The first kappa shape index (κ1) is 44.5. The van der Waals surface area contributed by atoms with Gasteiger partial charge in [0, 0.05) is 6.42 Å². The number of allylic oxidation sites excluding steroid dienone is 1. The molecular formula is C42H70O14. The third-order valence-corrected chi connectivity index (χ3v) is 16.1. The van der Waals surface area contributed by atoms with Crippen LogP contribution >= 0.6 is 0 Å². The number of ether oxygens (including phenoxy) is 4. The molecule has 0 spiro atoms. The molecule has 4 aliphatic carbocycles. The van der Waals surface area contributed by atoms with Crippen molar-refractivity contribution < 1.29 is 69.9 Å². The molecule has 2 saturated heterocycles. The number of rotatable bonds is 10. The van der Waals surface area contributed by atoms with Crippen molar-refractivity contribution >= 4 is 0 Å². The zero-order chi connectivity index (χ0) is 41.4. The summed E-state index contributed by atoms with van der Waals surface area (Å²) < 4.78 is 25.1. The van der Waals surface area contributed by atoms with Crippen molar-refractivity contribution in [2.45, 2.75) is 186 Å². The molecule has 0 radical (unpaired) electrons. The van der Waals surface area contributed by atoms with Crippen molar-refractivity contribution in [3.8, 4) is 0 Å². The van der Waals surface area contributed by atoms with E-state index in [4.69, 9.17) is 23.8 Å². The normalized spacial score (nSPS) is 52.0. The topological polar surface area (TPSA) is 228 Å². The minimum Gasteiger partial charge on any atom is -0.394 e. The Morgan fingerprint density at radius 1 is 0.839 bits per heavy atom. The van der Waals surface area contributed by atoms with Crippen LogP contribution in [0.4, 0.5) is 0 Å². The van der Waals surface area contributed by atoms with Crippen LogP contribution in [-0.2, 0) is 23.8 Å². The molecule has 6 aliphatic rings. The molecule has 2 heterocycles. The van der Waals surface area contributed by atoms with Gasteiger partial charge in [0.1, 0.15) is 48.8 Å². The van der Waals surface area contributed by atoms with E-state index in [0.717, 1.165) is 24.0 Å². The molecule has 0 aromatic carbocycles. The molecule has 9 N–H and O–H groups in total. The summed E-state index contributed by atoms with van der Waals surface area (Å²) in [4.78, 5) is 4.83. The first-order valence-electron chi connectivity index (χ1n) is 20.7. The summed E-state index contributed by atoms with van der Waals surface area (Å²) in [5.74, 6) is -0.412. The third kappa shape index (κ3) is 7.18. The fraction of sp³-hybridized carbons (Fsp3) is 0.905. The van der Waals surface area contributed by atoms with E-state index in [1.54, 1.807) is 0 Å². The van der Waals surface area contributed by atoms with E-state index >= 15 is 0 Å². The second-order valence-corrected chi connectivity index (χ2v) is 19.8. The summed E-state index contributed by atoms with van der Waals surface area (Å²) in [6.45, 7) is 20.1. The molecule has 0 aromatic rings. The smallest absolute Gasteiger partial charge is 0.187 e. The molecule has 6 fully saturated rings. The lowest BCUT2D eigenvalue weighted by Crippen LogP contribution is -2.71. The molecule has 0 unspecified atom stereocenters. The van der Waals surface area contributed by atoms with E-state index in [-0.39, 0.29) is 23.7 Å². The molecule has 0 amide bonds. The summed E-state index contributed by atoms with van der Waals surface area (Å²) in [6, 6.07) is 0. The first-order chi connectivity index (χ1) is 26.1. The highest BCUT2D eigenvalue weighted by Crippen LogP contribution is 2.76. The number of hydrogen-bond acceptors (Lipinski definition) is 14. The number of fused-ring (bicyclic) bond motifs is 5. The van der Waals surface area contributed by atoms with Gasteiger partial charge in [-0.2, -0.15) is 0 Å². The highest BCUT2D eigenvalue weighted by molar-refractivity contribution is 5.24. The van der Waals surface area contributed by atoms with Crippen LogP contribution in [0.3, 0.4) is 0 Å². The van der Waals surface area contributed by atoms with Crippen LogP contribution in [0.25, 0.3) is 0 Å². The van der Waals surface area contributed by atoms with Gasteiger partial charge in [0.05, 0.1) is 31.0 Å². The average Bonchev–Trinajstić information content (AvgIpc) is 3.51. The molecule has 14 nitrogen and oxygen atoms in total. The molecular weight excluding hydrogens is 728 g/mol. The molecule has 56 heavy (non-hydrogen) atoms. The van der Waals surface area contributed by atoms with Gasteiger partial charge in [-0.05, 0) is 105 Å². The monoisotopic (exact) mass is 798 g/mol. The predicted octanol–water partition coefficient (Wildman–Crippen LogP) is 2.42. The van der Waals surface area contributed by atoms with Gasteiger partial charge in [-0.15, -0.1) is 0 Å². The summed E-state index contributed by atoms with van der Waals surface area (Å²) in [5.41, 5.74) is -0.00991. The van der Waals surface area contributed by atoms with E-state index in [1.165, 1.54) is 6.92 Å². The lowest BCUT2D eigenvalue weighted by molar-refractivity contribution is -0.381. The minimum absolute atomic E-state index is 0.0231. The Labute approximate surface area is 331 Å². The van der Waals surface area contributed by atoms with Crippen molar-refractivity contribution in [3.63, 3.8) is 0 Å². The standard InChI is InChI=1S/C42H70O14/c1-19(2)14-22(56-51)15-20(3)23-10-13-41(8)29(23)24(44)16-27-40(7)12-11-28(45)39(5,6)36(40)25(17-42(27,41)9)53-38-35(33(49)31(47)26(18-43)54-38)55-37-34(50)32(48)30(46)21(4)52-37/h14,21-38,43-51H,3,10-13,15-18H2,1-2,4-9H3/t21-,22-,23+,24+,25-,26+,27+,28-,29-,30-,31+,32+,33-,34+,35+,36-,37-,38+,40+,41+,42+/m0/s1. The molecule has 2 aliphatic heterocycles. The summed E-state index contributed by atoms with van der Waals surface area (Å²) in [6.07, 6.45) is -10.8. The van der Waals surface area contributed by atoms with Crippen LogP contribution < -0.4 is 0 Å². The lowest BCUT2D eigenvalue weighted by atomic mass is 9.34. The van der Waals surface area contributed by atoms with Crippen LogP contribution in [0.2, 0.25) is 0 Å². The largest absolute Gasteiger partial charge is 0.394 e. The fourth-order valence-electron chi connectivity index (χ4n) is 13.1. The fourth-order valence-corrected chi connectivity index (χ4v) is 13.1. The van der Waals surface area contributed by atoms with E-state index in [0.29, 0.717) is 32.1 Å². The van der Waals surface area contributed by atoms with E-state index in [9.17, 15) is 46.1 Å². The van der Waals surface area contributed by atoms with Crippen LogP contribution in [0, 0.1) is 45.3 Å². The average molecular weight is 799 g/mol. The van der Waals surface area contributed by atoms with Gasteiger partial charge < -0.3 is 59.8 Å². The highest BCUT2D eigenvalue weighted by Gasteiger charge is 2.73. The van der Waals surface area contributed by atoms with Crippen LogP contribution in [-0.4, -0.2) is 139 Å². The van der Waals surface area contributed by atoms with Crippen LogP contribution in [0.15, 0.2) is 23.8 Å². The second kappa shape index (κ2) is 16.1. The zero-order valence-electron chi connectivity index (χ0n) is 34.4. The van der Waals surface area contributed by atoms with Crippen molar-refractivity contribution in [2.24, 2.45) is 45.3 Å². The first-order valence-corrected chi connectivity index (χ1v) is 20.7. The summed E-state index contributed by atoms with van der Waals surface area (Å²) in [7, 11) is 0. The maximum Gasteiger partial charge on any atom is 0.187 e. The van der Waals surface area contributed by atoms with Gasteiger partial charge in [-0.1, -0.05) is 58.4 Å². The second-order valence-electron chi connectivity index (χ2n) is 19.8. The quantitative estimate of drug-likeness (QED) is 0.0670. The Morgan fingerprint density at radius 3 is 2.14 bits per heavy atom. The van der Waals surface area contributed by atoms with Crippen molar-refractivity contribution in [1.82, 2.24) is 0 Å². The Balaban J connectivity index is 1.38. The van der Waals surface area contributed by atoms with Crippen molar-refractivity contribution in [1.29, 1.82) is 0 Å². The lowest BCUT2D eigenvalue weighted by Gasteiger charge is -2.72. The number of aliphatic hydroxyl groups is 8. The van der Waals surface area contributed by atoms with E-state index < -0.39 is 114 Å². The van der Waals surface area contributed by atoms with Gasteiger partial charge in [0.2, 0.25) is 0 Å². The molecule has 0 aromatic heterocycles. The van der Waals surface area contributed by atoms with Crippen molar-refractivity contribution in [3.05, 3.63) is 23.8 Å². The molecule has 322 valence electrons. The van der Waals surface area contributed by atoms with Gasteiger partial charge in [-0.25, -0.2) is 4.89 Å². The maximum absolute atomic E-state index is 12.3. The van der Waals surface area contributed by atoms with Gasteiger partial charge >= 0.3 is 0 Å². The molecule has 4 saturated carbocycles. The third-order valence-electron chi connectivity index (χ3n) is 16.1. The molecule has 0 bridgehead atoms. The Kier molecular flexibility index (Phi) is 12.8. The van der Waals surface area contributed by atoms with Gasteiger partial charge in [0.25, 0.3) is 0 Å². The zero-order valence-corrected chi connectivity index (χ0v) is 34.4. The minimum atomic E-state index is -1.70. The van der Waals surface area contributed by atoms with Crippen molar-refractivity contribution in [2.75, 3.05) is 6.61 Å². The van der Waals surface area contributed by atoms with Crippen LogP contribution in [0.5, 0.6) is 0 Å². The van der Waals surface area contributed by atoms with Gasteiger partial charge in [0.15, 0.2) is 12.6 Å². The highest BCUT2D eigenvalue weighted by atomic mass is 17.1. The Hall–Kier alpha value is -1.08. The molecule has 21 atom stereocenters. The predicted molar refractivity (Wildman–Crippen MR) is 202 cm³/mol. The molecule has 14 heteroatoms. The number of aliphatic hydroxyl groups excluding tert-OH is 8. The Bertz CT molecular complexity index is 1440. The summed E-state index contributed by atoms with van der Waals surface area (Å²) >= 11 is 0. The SMILES string of the molecule is C=C(C[C@H](C=C(C)C)OO)[C@H]1CC[C@]2(C)[C@@H]1[C@H](O)C[C@@H]1[C@@]3(C)CC[C@H](O)C(C)(C)[C@@H]3[C@@H](O[C@@H]3O[C@H](CO)[C@@H](O)[C@H](O)[C@H]3O[C@@H]3O[C@@H](C)[C@H](O)[C@@H](O)[C@H]3O)C[C@]12C.